The number of imidazole rings is 1. The summed E-state index contributed by atoms with van der Waals surface area (Å²) in [5, 5.41) is 4.41. The Kier molecular flexibility index (Phi) is 1.62. The summed E-state index contributed by atoms with van der Waals surface area (Å²) in [5.41, 5.74) is 5.52. The molecule has 68 valence electrons. The molecule has 3 heteroatoms. The molecule has 0 aromatic carbocycles. The fourth-order valence-electron chi connectivity index (χ4n) is 1.49. The zero-order valence-corrected chi connectivity index (χ0v) is 8.42. The molecule has 0 saturated heterocycles. The largest absolute Gasteiger partial charge is 0.232 e. The van der Waals surface area contributed by atoms with E-state index in [4.69, 9.17) is 0 Å². The smallest absolute Gasteiger partial charge is 0.156 e. The predicted octanol–water partition coefficient (Wildman–Crippen LogP) is 1.96. The highest BCUT2D eigenvalue weighted by Gasteiger charge is 2.07. The van der Waals surface area contributed by atoms with Crippen LogP contribution in [0.1, 0.15) is 22.5 Å². The lowest BCUT2D eigenvalue weighted by Gasteiger charge is -2.04. The minimum absolute atomic E-state index is 0.973. The Hall–Kier alpha value is -1.38. The van der Waals surface area contributed by atoms with Crippen molar-refractivity contribution in [2.75, 3.05) is 0 Å². The van der Waals surface area contributed by atoms with E-state index in [-0.39, 0.29) is 0 Å². The molecule has 0 aliphatic rings. The number of hydrogen-bond donors (Lipinski definition) is 0. The normalized spacial score (nSPS) is 11.1. The van der Waals surface area contributed by atoms with Gasteiger partial charge in [-0.2, -0.15) is 5.10 Å². The maximum absolute atomic E-state index is 4.42. The lowest BCUT2D eigenvalue weighted by molar-refractivity contribution is 0.879. The number of hydrogen-bond acceptors (Lipinski definition) is 2. The molecule has 2 rings (SSSR count). The number of nitrogens with zero attached hydrogens (tertiary/aromatic N) is 3. The molecule has 0 bridgehead atoms. The van der Waals surface area contributed by atoms with Crippen LogP contribution in [0.25, 0.3) is 5.65 Å². The first-order chi connectivity index (χ1) is 6.09. The second-order valence-electron chi connectivity index (χ2n) is 3.49. The monoisotopic (exact) mass is 175 g/mol. The molecule has 0 atom stereocenters. The van der Waals surface area contributed by atoms with Crippen molar-refractivity contribution in [1.29, 1.82) is 0 Å². The van der Waals surface area contributed by atoms with Gasteiger partial charge in [0.25, 0.3) is 0 Å². The van der Waals surface area contributed by atoms with Crippen LogP contribution in [0.2, 0.25) is 0 Å². The van der Waals surface area contributed by atoms with Crippen LogP contribution in [0.15, 0.2) is 6.20 Å². The fraction of sp³-hybridized carbons (Fsp3) is 0.400. The van der Waals surface area contributed by atoms with E-state index < -0.39 is 0 Å². The van der Waals surface area contributed by atoms with Gasteiger partial charge in [-0.1, -0.05) is 0 Å². The van der Waals surface area contributed by atoms with Gasteiger partial charge in [0.1, 0.15) is 0 Å². The van der Waals surface area contributed by atoms with E-state index in [2.05, 4.69) is 23.9 Å². The van der Waals surface area contributed by atoms with Crippen molar-refractivity contribution in [3.63, 3.8) is 0 Å². The van der Waals surface area contributed by atoms with Crippen LogP contribution in [0.3, 0.4) is 0 Å². The molecule has 0 amide bonds. The summed E-state index contributed by atoms with van der Waals surface area (Å²) >= 11 is 0. The van der Waals surface area contributed by atoms with Crippen molar-refractivity contribution >= 4 is 5.65 Å². The molecule has 0 saturated carbocycles. The third-order valence-corrected chi connectivity index (χ3v) is 2.51. The Labute approximate surface area is 77.4 Å². The van der Waals surface area contributed by atoms with Crippen molar-refractivity contribution < 1.29 is 0 Å². The van der Waals surface area contributed by atoms with Gasteiger partial charge in [-0.3, -0.25) is 0 Å². The summed E-state index contributed by atoms with van der Waals surface area (Å²) in [6, 6.07) is 0. The highest BCUT2D eigenvalue weighted by molar-refractivity contribution is 5.51. The van der Waals surface area contributed by atoms with Gasteiger partial charge in [0.2, 0.25) is 0 Å². The van der Waals surface area contributed by atoms with Crippen LogP contribution in [-0.2, 0) is 0 Å². The quantitative estimate of drug-likeness (QED) is 0.612. The minimum Gasteiger partial charge on any atom is -0.232 e. The van der Waals surface area contributed by atoms with Crippen LogP contribution in [0, 0.1) is 27.7 Å². The van der Waals surface area contributed by atoms with E-state index in [0.717, 1.165) is 17.0 Å². The third-order valence-electron chi connectivity index (χ3n) is 2.51. The Balaban J connectivity index is 2.92. The maximum atomic E-state index is 4.42. The van der Waals surface area contributed by atoms with Gasteiger partial charge >= 0.3 is 0 Å². The van der Waals surface area contributed by atoms with Crippen LogP contribution in [-0.4, -0.2) is 14.6 Å². The summed E-state index contributed by atoms with van der Waals surface area (Å²) in [4.78, 5) is 4.42. The third kappa shape index (κ3) is 1.11. The van der Waals surface area contributed by atoms with E-state index in [1.54, 1.807) is 0 Å². The van der Waals surface area contributed by atoms with E-state index in [1.165, 1.54) is 11.1 Å². The lowest BCUT2D eigenvalue weighted by Crippen LogP contribution is -1.99. The summed E-state index contributed by atoms with van der Waals surface area (Å²) in [5.74, 6) is 0. The van der Waals surface area contributed by atoms with E-state index >= 15 is 0 Å². The highest BCUT2D eigenvalue weighted by Crippen LogP contribution is 2.15. The predicted molar refractivity (Wildman–Crippen MR) is 51.9 cm³/mol. The molecule has 2 aromatic heterocycles. The second-order valence-corrected chi connectivity index (χ2v) is 3.49. The molecule has 2 heterocycles. The number of aryl methyl sites for hydroxylation is 3. The zero-order valence-electron chi connectivity index (χ0n) is 8.42. The summed E-state index contributed by atoms with van der Waals surface area (Å²) in [6.45, 7) is 8.18. The molecule has 0 unspecified atom stereocenters. The number of fused-ring (bicyclic) bond motifs is 1. The fourth-order valence-corrected chi connectivity index (χ4v) is 1.49. The van der Waals surface area contributed by atoms with Crippen molar-refractivity contribution in [3.05, 3.63) is 28.7 Å². The first-order valence-corrected chi connectivity index (χ1v) is 4.39. The van der Waals surface area contributed by atoms with Gasteiger partial charge in [-0.15, -0.1) is 0 Å². The molecule has 13 heavy (non-hydrogen) atoms. The summed E-state index contributed by atoms with van der Waals surface area (Å²) in [6.07, 6.45) is 1.95. The first-order valence-electron chi connectivity index (χ1n) is 4.39. The highest BCUT2D eigenvalue weighted by atomic mass is 15.2. The average molecular weight is 175 g/mol. The van der Waals surface area contributed by atoms with E-state index in [9.17, 15) is 0 Å². The SMILES string of the molecule is Cc1cn2nc(C)c(C)c(C)c2n1. The number of rotatable bonds is 0. The second kappa shape index (κ2) is 2.55. The Morgan fingerprint density at radius 3 is 2.46 bits per heavy atom. The van der Waals surface area contributed by atoms with Crippen molar-refractivity contribution in [3.8, 4) is 0 Å². The maximum Gasteiger partial charge on any atom is 0.156 e. The Bertz CT molecular complexity index is 468. The molecular weight excluding hydrogens is 162 g/mol. The van der Waals surface area contributed by atoms with Gasteiger partial charge in [0, 0.05) is 0 Å². The van der Waals surface area contributed by atoms with Crippen molar-refractivity contribution in [2.24, 2.45) is 0 Å². The first kappa shape index (κ1) is 8.23. The Morgan fingerprint density at radius 2 is 1.77 bits per heavy atom. The Morgan fingerprint density at radius 1 is 1.08 bits per heavy atom. The number of aromatic nitrogens is 3. The molecule has 0 spiro atoms. The van der Waals surface area contributed by atoms with E-state index in [1.807, 2.05) is 24.6 Å². The minimum atomic E-state index is 0.973. The lowest BCUT2D eigenvalue weighted by atomic mass is 10.1. The topological polar surface area (TPSA) is 30.2 Å². The van der Waals surface area contributed by atoms with Gasteiger partial charge in [0.15, 0.2) is 5.65 Å². The van der Waals surface area contributed by atoms with Gasteiger partial charge in [-0.25, -0.2) is 9.50 Å². The van der Waals surface area contributed by atoms with Crippen LogP contribution in [0.4, 0.5) is 0 Å². The van der Waals surface area contributed by atoms with Gasteiger partial charge in [0.05, 0.1) is 17.6 Å². The standard InChI is InChI=1S/C10H13N3/c1-6-5-13-10(11-6)8(3)7(2)9(4)12-13/h5H,1-4H3. The van der Waals surface area contributed by atoms with Crippen molar-refractivity contribution in [2.45, 2.75) is 27.7 Å². The van der Waals surface area contributed by atoms with Crippen LogP contribution >= 0.6 is 0 Å². The van der Waals surface area contributed by atoms with Gasteiger partial charge < -0.3 is 0 Å². The molecular formula is C10H13N3. The van der Waals surface area contributed by atoms with Crippen LogP contribution < -0.4 is 0 Å². The molecule has 0 fully saturated rings. The molecule has 0 radical (unpaired) electrons. The van der Waals surface area contributed by atoms with E-state index in [0.29, 0.717) is 0 Å². The van der Waals surface area contributed by atoms with Crippen molar-refractivity contribution in [1.82, 2.24) is 14.6 Å². The van der Waals surface area contributed by atoms with Crippen LogP contribution in [0.5, 0.6) is 0 Å². The zero-order chi connectivity index (χ0) is 9.59. The molecule has 0 aliphatic heterocycles. The average Bonchev–Trinajstić information content (AvgIpc) is 2.42. The molecule has 3 nitrogen and oxygen atoms in total. The summed E-state index contributed by atoms with van der Waals surface area (Å²) in [7, 11) is 0. The molecule has 0 N–H and O–H groups in total. The van der Waals surface area contributed by atoms with Gasteiger partial charge in [-0.05, 0) is 38.8 Å². The molecule has 2 aromatic rings. The summed E-state index contributed by atoms with van der Waals surface area (Å²) < 4.78 is 1.85. The molecule has 0 aliphatic carbocycles.